The zero-order valence-corrected chi connectivity index (χ0v) is 20.2. The van der Waals surface area contributed by atoms with Crippen molar-refractivity contribution in [3.63, 3.8) is 0 Å². The zero-order chi connectivity index (χ0) is 23.3. The van der Waals surface area contributed by atoms with E-state index in [1.807, 2.05) is 24.3 Å². The van der Waals surface area contributed by atoms with Gasteiger partial charge in [-0.1, -0.05) is 0 Å². The van der Waals surface area contributed by atoms with Crippen molar-refractivity contribution in [3.05, 3.63) is 47.5 Å². The lowest BCUT2D eigenvalue weighted by Crippen LogP contribution is -2.31. The van der Waals surface area contributed by atoms with Crippen LogP contribution in [-0.4, -0.2) is 52.4 Å². The van der Waals surface area contributed by atoms with Gasteiger partial charge in [-0.2, -0.15) is 0 Å². The summed E-state index contributed by atoms with van der Waals surface area (Å²) in [6, 6.07) is 11.2. The SMILES string of the molecule is COc1cc(C)c(S(=O)(=O)N(C)CCC(=O)Nc2ccc(N3CCCCC3)cc2)c(C)c1. The van der Waals surface area contributed by atoms with E-state index in [9.17, 15) is 13.2 Å². The van der Waals surface area contributed by atoms with Crippen LogP contribution in [-0.2, 0) is 14.8 Å². The molecule has 1 aliphatic heterocycles. The third-order valence-electron chi connectivity index (χ3n) is 5.86. The molecule has 0 saturated carbocycles. The highest BCUT2D eigenvalue weighted by atomic mass is 32.2. The van der Waals surface area contributed by atoms with E-state index in [0.29, 0.717) is 22.6 Å². The maximum absolute atomic E-state index is 13.1. The summed E-state index contributed by atoms with van der Waals surface area (Å²) in [5.74, 6) is 0.397. The fourth-order valence-electron chi connectivity index (χ4n) is 4.10. The van der Waals surface area contributed by atoms with Crippen molar-refractivity contribution in [2.24, 2.45) is 0 Å². The van der Waals surface area contributed by atoms with Gasteiger partial charge in [0.25, 0.3) is 0 Å². The number of sulfonamides is 1. The van der Waals surface area contributed by atoms with E-state index in [4.69, 9.17) is 4.74 Å². The van der Waals surface area contributed by atoms with Gasteiger partial charge < -0.3 is 15.0 Å². The molecule has 174 valence electrons. The molecule has 1 N–H and O–H groups in total. The van der Waals surface area contributed by atoms with Gasteiger partial charge in [0.05, 0.1) is 12.0 Å². The Labute approximate surface area is 191 Å². The van der Waals surface area contributed by atoms with Gasteiger partial charge in [0, 0.05) is 44.5 Å². The average molecular weight is 460 g/mol. The summed E-state index contributed by atoms with van der Waals surface area (Å²) >= 11 is 0. The highest BCUT2D eigenvalue weighted by Gasteiger charge is 2.26. The van der Waals surface area contributed by atoms with Crippen molar-refractivity contribution < 1.29 is 17.9 Å². The first-order chi connectivity index (χ1) is 15.2. The molecule has 1 saturated heterocycles. The van der Waals surface area contributed by atoms with Crippen LogP contribution >= 0.6 is 0 Å². The molecule has 0 bridgehead atoms. The molecule has 0 atom stereocenters. The van der Waals surface area contributed by atoms with Crippen LogP contribution < -0.4 is 15.0 Å². The molecular weight excluding hydrogens is 426 g/mol. The first-order valence-corrected chi connectivity index (χ1v) is 12.4. The molecular formula is C24H33N3O4S. The highest BCUT2D eigenvalue weighted by Crippen LogP contribution is 2.28. The third-order valence-corrected chi connectivity index (χ3v) is 8.03. The second kappa shape index (κ2) is 10.4. The second-order valence-corrected chi connectivity index (χ2v) is 10.3. The Kier molecular flexibility index (Phi) is 7.79. The molecule has 0 radical (unpaired) electrons. The molecule has 0 aromatic heterocycles. The van der Waals surface area contributed by atoms with E-state index < -0.39 is 10.0 Å². The minimum Gasteiger partial charge on any atom is -0.497 e. The molecule has 1 heterocycles. The monoisotopic (exact) mass is 459 g/mol. The molecule has 8 heteroatoms. The van der Waals surface area contributed by atoms with Crippen molar-refractivity contribution in [3.8, 4) is 5.75 Å². The van der Waals surface area contributed by atoms with E-state index in [-0.39, 0.29) is 23.8 Å². The predicted octanol–water partition coefficient (Wildman–Crippen LogP) is 3.95. The fourth-order valence-corrected chi connectivity index (χ4v) is 5.68. The number of piperidine rings is 1. The van der Waals surface area contributed by atoms with Crippen molar-refractivity contribution >= 4 is 27.3 Å². The summed E-state index contributed by atoms with van der Waals surface area (Å²) < 4.78 is 32.6. The Bertz CT molecular complexity index is 1020. The molecule has 0 aliphatic carbocycles. The summed E-state index contributed by atoms with van der Waals surface area (Å²) in [4.78, 5) is 15.0. The van der Waals surface area contributed by atoms with E-state index in [2.05, 4.69) is 10.2 Å². The largest absolute Gasteiger partial charge is 0.497 e. The molecule has 1 aliphatic rings. The number of nitrogens with one attached hydrogen (secondary N) is 1. The van der Waals surface area contributed by atoms with E-state index in [0.717, 1.165) is 13.1 Å². The Hall–Kier alpha value is -2.58. The number of aryl methyl sites for hydroxylation is 2. The van der Waals surface area contributed by atoms with Crippen LogP contribution in [0.3, 0.4) is 0 Å². The maximum atomic E-state index is 13.1. The van der Waals surface area contributed by atoms with Crippen LogP contribution in [0.5, 0.6) is 5.75 Å². The number of ether oxygens (including phenoxy) is 1. The standard InChI is InChI=1S/C24H33N3O4S/c1-18-16-22(31-4)17-19(2)24(18)32(29,30)26(3)15-12-23(28)25-20-8-10-21(11-9-20)27-13-6-5-7-14-27/h8-11,16-17H,5-7,12-15H2,1-4H3,(H,25,28). The van der Waals surface area contributed by atoms with Crippen LogP contribution in [0.4, 0.5) is 11.4 Å². The number of nitrogens with zero attached hydrogens (tertiary/aromatic N) is 2. The number of carbonyl (C=O) groups excluding carboxylic acids is 1. The molecule has 3 rings (SSSR count). The van der Waals surface area contributed by atoms with Crippen molar-refractivity contribution in [2.45, 2.75) is 44.4 Å². The van der Waals surface area contributed by atoms with Crippen molar-refractivity contribution in [2.75, 3.05) is 44.0 Å². The van der Waals surface area contributed by atoms with Crippen LogP contribution in [0.2, 0.25) is 0 Å². The molecule has 0 unspecified atom stereocenters. The second-order valence-electron chi connectivity index (χ2n) is 8.31. The molecule has 2 aromatic carbocycles. The number of benzene rings is 2. The number of hydrogen-bond donors (Lipinski definition) is 1. The Morgan fingerprint density at radius 3 is 2.22 bits per heavy atom. The Balaban J connectivity index is 1.58. The average Bonchev–Trinajstić information content (AvgIpc) is 2.77. The van der Waals surface area contributed by atoms with Gasteiger partial charge in [-0.3, -0.25) is 4.79 Å². The molecule has 1 amide bonds. The van der Waals surface area contributed by atoms with Crippen LogP contribution in [0.15, 0.2) is 41.3 Å². The molecule has 2 aromatic rings. The Morgan fingerprint density at radius 2 is 1.66 bits per heavy atom. The normalized spacial score (nSPS) is 14.5. The van der Waals surface area contributed by atoms with E-state index in [1.165, 1.54) is 36.3 Å². The van der Waals surface area contributed by atoms with E-state index in [1.54, 1.807) is 33.1 Å². The molecule has 32 heavy (non-hydrogen) atoms. The smallest absolute Gasteiger partial charge is 0.243 e. The van der Waals surface area contributed by atoms with Gasteiger partial charge in [0.15, 0.2) is 0 Å². The lowest BCUT2D eigenvalue weighted by atomic mass is 10.1. The Morgan fingerprint density at radius 1 is 1.06 bits per heavy atom. The number of carbonyl (C=O) groups is 1. The number of hydrogen-bond acceptors (Lipinski definition) is 5. The first kappa shape index (κ1) is 24.1. The van der Waals surface area contributed by atoms with Crippen molar-refractivity contribution in [1.29, 1.82) is 0 Å². The third kappa shape index (κ3) is 5.61. The number of rotatable bonds is 8. The topological polar surface area (TPSA) is 79.0 Å². The summed E-state index contributed by atoms with van der Waals surface area (Å²) in [7, 11) is -0.671. The van der Waals surface area contributed by atoms with Gasteiger partial charge >= 0.3 is 0 Å². The predicted molar refractivity (Wildman–Crippen MR) is 128 cm³/mol. The van der Waals surface area contributed by atoms with Gasteiger partial charge in [0.1, 0.15) is 5.75 Å². The highest BCUT2D eigenvalue weighted by molar-refractivity contribution is 7.89. The number of methoxy groups -OCH3 is 1. The van der Waals surface area contributed by atoms with Gasteiger partial charge in [-0.05, 0) is 80.6 Å². The summed E-state index contributed by atoms with van der Waals surface area (Å²) in [6.45, 7) is 5.72. The van der Waals surface area contributed by atoms with E-state index >= 15 is 0 Å². The van der Waals surface area contributed by atoms with Gasteiger partial charge in [0.2, 0.25) is 15.9 Å². The summed E-state index contributed by atoms with van der Waals surface area (Å²) in [6.07, 6.45) is 3.78. The summed E-state index contributed by atoms with van der Waals surface area (Å²) in [5, 5.41) is 2.86. The number of amides is 1. The molecule has 0 spiro atoms. The molecule has 7 nitrogen and oxygen atoms in total. The van der Waals surface area contributed by atoms with Crippen LogP contribution in [0, 0.1) is 13.8 Å². The first-order valence-electron chi connectivity index (χ1n) is 11.0. The number of anilines is 2. The maximum Gasteiger partial charge on any atom is 0.243 e. The lowest BCUT2D eigenvalue weighted by Gasteiger charge is -2.28. The minimum absolute atomic E-state index is 0.0673. The summed E-state index contributed by atoms with van der Waals surface area (Å²) in [5.41, 5.74) is 3.11. The van der Waals surface area contributed by atoms with Crippen molar-refractivity contribution in [1.82, 2.24) is 4.31 Å². The lowest BCUT2D eigenvalue weighted by molar-refractivity contribution is -0.116. The minimum atomic E-state index is -3.72. The van der Waals surface area contributed by atoms with Gasteiger partial charge in [-0.15, -0.1) is 0 Å². The van der Waals surface area contributed by atoms with Crippen LogP contribution in [0.25, 0.3) is 0 Å². The molecule has 1 fully saturated rings. The van der Waals surface area contributed by atoms with Crippen LogP contribution in [0.1, 0.15) is 36.8 Å². The fraction of sp³-hybridized carbons (Fsp3) is 0.458. The van der Waals surface area contributed by atoms with Gasteiger partial charge in [-0.25, -0.2) is 12.7 Å². The zero-order valence-electron chi connectivity index (χ0n) is 19.3. The quantitative estimate of drug-likeness (QED) is 0.647.